The van der Waals surface area contributed by atoms with Crippen LogP contribution in [0.15, 0.2) is 12.1 Å². The molecule has 0 radical (unpaired) electrons. The zero-order chi connectivity index (χ0) is 12.3. The van der Waals surface area contributed by atoms with E-state index in [0.717, 1.165) is 11.1 Å². The van der Waals surface area contributed by atoms with Gasteiger partial charge in [0, 0.05) is 12.0 Å². The van der Waals surface area contributed by atoms with E-state index in [4.69, 9.17) is 5.73 Å². The zero-order valence-corrected chi connectivity index (χ0v) is 10.1. The van der Waals surface area contributed by atoms with Gasteiger partial charge in [-0.2, -0.15) is 0 Å². The van der Waals surface area contributed by atoms with Crippen LogP contribution < -0.4 is 5.73 Å². The number of ketones is 1. The van der Waals surface area contributed by atoms with Crippen molar-refractivity contribution in [3.05, 3.63) is 28.8 Å². The Balaban J connectivity index is 3.19. The molecule has 16 heavy (non-hydrogen) atoms. The van der Waals surface area contributed by atoms with Crippen LogP contribution in [0.4, 0.5) is 0 Å². The Morgan fingerprint density at radius 1 is 1.44 bits per heavy atom. The first kappa shape index (κ1) is 12.7. The molecule has 3 heteroatoms. The predicted octanol–water partition coefficient (Wildman–Crippen LogP) is 2.36. The molecule has 0 aliphatic rings. The molecule has 1 aromatic rings. The molecule has 0 saturated heterocycles. The largest absolute Gasteiger partial charge is 0.508 e. The van der Waals surface area contributed by atoms with Gasteiger partial charge >= 0.3 is 0 Å². The van der Waals surface area contributed by atoms with Crippen LogP contribution in [0, 0.1) is 6.92 Å². The lowest BCUT2D eigenvalue weighted by molar-refractivity contribution is 0.0985. The first-order chi connectivity index (χ1) is 7.47. The first-order valence-electron chi connectivity index (χ1n) is 5.54. The van der Waals surface area contributed by atoms with Gasteiger partial charge in [-0.1, -0.05) is 13.8 Å². The summed E-state index contributed by atoms with van der Waals surface area (Å²) in [7, 11) is 0. The molecule has 0 saturated carbocycles. The maximum absolute atomic E-state index is 11.8. The smallest absolute Gasteiger partial charge is 0.164 e. The number of aromatic hydroxyl groups is 1. The molecule has 0 aromatic heterocycles. The number of hydrogen-bond acceptors (Lipinski definition) is 3. The molecule has 1 aromatic carbocycles. The van der Waals surface area contributed by atoms with Crippen molar-refractivity contribution in [1.29, 1.82) is 0 Å². The number of carbonyl (C=O) groups is 1. The molecule has 0 heterocycles. The number of phenolic OH excluding ortho intramolecular Hbond substituents is 1. The minimum Gasteiger partial charge on any atom is -0.508 e. The number of carbonyl (C=O) groups excluding carboxylic acids is 1. The zero-order valence-electron chi connectivity index (χ0n) is 10.1. The molecule has 0 amide bonds. The van der Waals surface area contributed by atoms with Gasteiger partial charge in [0.1, 0.15) is 5.75 Å². The lowest BCUT2D eigenvalue weighted by Crippen LogP contribution is -2.10. The van der Waals surface area contributed by atoms with Crippen molar-refractivity contribution >= 4 is 5.78 Å². The summed E-state index contributed by atoms with van der Waals surface area (Å²) in [5.74, 6) is 0.503. The fourth-order valence-corrected chi connectivity index (χ4v) is 1.74. The summed E-state index contributed by atoms with van der Waals surface area (Å²) in [6.07, 6.45) is 0.350. The summed E-state index contributed by atoms with van der Waals surface area (Å²) >= 11 is 0. The Morgan fingerprint density at radius 2 is 2.06 bits per heavy atom. The van der Waals surface area contributed by atoms with Gasteiger partial charge in [-0.3, -0.25) is 4.79 Å². The van der Waals surface area contributed by atoms with Gasteiger partial charge in [-0.05, 0) is 42.6 Å². The average molecular weight is 221 g/mol. The molecule has 0 spiro atoms. The quantitative estimate of drug-likeness (QED) is 0.767. The normalized spacial score (nSPS) is 10.8. The average Bonchev–Trinajstić information content (AvgIpc) is 2.17. The highest BCUT2D eigenvalue weighted by molar-refractivity contribution is 5.98. The second-order valence-corrected chi connectivity index (χ2v) is 4.34. The third kappa shape index (κ3) is 2.61. The first-order valence-corrected chi connectivity index (χ1v) is 5.54. The monoisotopic (exact) mass is 221 g/mol. The van der Waals surface area contributed by atoms with E-state index in [2.05, 4.69) is 0 Å². The second kappa shape index (κ2) is 5.12. The van der Waals surface area contributed by atoms with E-state index in [1.165, 1.54) is 0 Å². The van der Waals surface area contributed by atoms with Gasteiger partial charge in [0.15, 0.2) is 5.78 Å². The van der Waals surface area contributed by atoms with Gasteiger partial charge < -0.3 is 10.8 Å². The van der Waals surface area contributed by atoms with Gasteiger partial charge in [0.25, 0.3) is 0 Å². The molecule has 88 valence electrons. The molecule has 0 aliphatic heterocycles. The second-order valence-electron chi connectivity index (χ2n) is 4.34. The van der Waals surface area contributed by atoms with Crippen molar-refractivity contribution in [2.45, 2.75) is 33.1 Å². The van der Waals surface area contributed by atoms with E-state index in [1.807, 2.05) is 20.8 Å². The molecule has 0 fully saturated rings. The number of benzene rings is 1. The summed E-state index contributed by atoms with van der Waals surface area (Å²) in [6.45, 7) is 6.16. The Kier molecular flexibility index (Phi) is 4.07. The maximum atomic E-state index is 11.8. The molecule has 1 rings (SSSR count). The number of aryl methyl sites for hydroxylation is 1. The van der Waals surface area contributed by atoms with Crippen molar-refractivity contribution in [2.75, 3.05) is 6.54 Å². The summed E-state index contributed by atoms with van der Waals surface area (Å²) in [6, 6.07) is 3.44. The number of rotatable bonds is 4. The lowest BCUT2D eigenvalue weighted by atomic mass is 9.94. The topological polar surface area (TPSA) is 63.3 Å². The van der Waals surface area contributed by atoms with Crippen molar-refractivity contribution < 1.29 is 9.90 Å². The van der Waals surface area contributed by atoms with Gasteiger partial charge in [0.05, 0.1) is 0 Å². The highest BCUT2D eigenvalue weighted by Crippen LogP contribution is 2.29. The van der Waals surface area contributed by atoms with Crippen LogP contribution in [0.25, 0.3) is 0 Å². The van der Waals surface area contributed by atoms with Crippen LogP contribution in [-0.4, -0.2) is 17.4 Å². The number of Topliss-reactive ketones (excluding diaryl/α,β-unsaturated/α-hetero) is 1. The van der Waals surface area contributed by atoms with E-state index < -0.39 is 0 Å². The van der Waals surface area contributed by atoms with Gasteiger partial charge in [0.2, 0.25) is 0 Å². The summed E-state index contributed by atoms with van der Waals surface area (Å²) in [5, 5.41) is 9.76. The molecular weight excluding hydrogens is 202 g/mol. The van der Waals surface area contributed by atoms with Crippen LogP contribution in [0.5, 0.6) is 5.75 Å². The van der Waals surface area contributed by atoms with Crippen LogP contribution >= 0.6 is 0 Å². The molecule has 0 bridgehead atoms. The highest BCUT2D eigenvalue weighted by Gasteiger charge is 2.14. The number of nitrogens with two attached hydrogens (primary N) is 1. The summed E-state index contributed by atoms with van der Waals surface area (Å²) < 4.78 is 0. The Morgan fingerprint density at radius 3 is 2.56 bits per heavy atom. The van der Waals surface area contributed by atoms with Crippen LogP contribution in [0.2, 0.25) is 0 Å². The fourth-order valence-electron chi connectivity index (χ4n) is 1.74. The van der Waals surface area contributed by atoms with Gasteiger partial charge in [-0.15, -0.1) is 0 Å². The van der Waals surface area contributed by atoms with Crippen molar-refractivity contribution in [3.8, 4) is 5.75 Å². The van der Waals surface area contributed by atoms with E-state index in [-0.39, 0.29) is 17.5 Å². The molecule has 0 aliphatic carbocycles. The van der Waals surface area contributed by atoms with Crippen molar-refractivity contribution in [2.24, 2.45) is 5.73 Å². The molecule has 0 unspecified atom stereocenters. The maximum Gasteiger partial charge on any atom is 0.164 e. The van der Waals surface area contributed by atoms with Gasteiger partial charge in [-0.25, -0.2) is 0 Å². The van der Waals surface area contributed by atoms with Crippen LogP contribution in [0.1, 0.15) is 47.7 Å². The fraction of sp³-hybridized carbons (Fsp3) is 0.462. The van der Waals surface area contributed by atoms with Crippen LogP contribution in [-0.2, 0) is 0 Å². The third-order valence-corrected chi connectivity index (χ3v) is 2.67. The van der Waals surface area contributed by atoms with Crippen molar-refractivity contribution in [1.82, 2.24) is 0 Å². The highest BCUT2D eigenvalue weighted by atomic mass is 16.3. The number of phenols is 1. The van der Waals surface area contributed by atoms with E-state index in [9.17, 15) is 9.90 Å². The molecule has 0 atom stereocenters. The Labute approximate surface area is 96.3 Å². The Bertz CT molecular complexity index is 397. The number of hydrogen-bond donors (Lipinski definition) is 2. The molecule has 3 N–H and O–H groups in total. The van der Waals surface area contributed by atoms with Crippen molar-refractivity contribution in [3.63, 3.8) is 0 Å². The summed E-state index contributed by atoms with van der Waals surface area (Å²) in [5.41, 5.74) is 7.66. The molecule has 3 nitrogen and oxygen atoms in total. The standard InChI is InChI=1S/C13H19NO2/c1-8(2)10-7-11(12(15)4-5-14)9(3)6-13(10)16/h6-8,16H,4-5,14H2,1-3H3. The van der Waals surface area contributed by atoms with E-state index >= 15 is 0 Å². The third-order valence-electron chi connectivity index (χ3n) is 2.67. The SMILES string of the molecule is Cc1cc(O)c(C(C)C)cc1C(=O)CCN. The lowest BCUT2D eigenvalue weighted by Gasteiger charge is -2.12. The Hall–Kier alpha value is -1.35. The summed E-state index contributed by atoms with van der Waals surface area (Å²) in [4.78, 5) is 11.8. The van der Waals surface area contributed by atoms with Crippen LogP contribution in [0.3, 0.4) is 0 Å². The molecular formula is C13H19NO2. The van der Waals surface area contributed by atoms with E-state index in [1.54, 1.807) is 12.1 Å². The van der Waals surface area contributed by atoms with E-state index in [0.29, 0.717) is 18.5 Å². The minimum atomic E-state index is 0.0434. The predicted molar refractivity (Wildman–Crippen MR) is 64.9 cm³/mol. The minimum absolute atomic E-state index is 0.0434.